The van der Waals surface area contributed by atoms with E-state index in [1.807, 2.05) is 18.2 Å². The topological polar surface area (TPSA) is 51.2 Å². The number of nitrogens with zero attached hydrogens (tertiary/aromatic N) is 1. The van der Waals surface area contributed by atoms with Gasteiger partial charge in [0.1, 0.15) is 0 Å². The molecule has 1 saturated heterocycles. The van der Waals surface area contributed by atoms with Gasteiger partial charge in [0, 0.05) is 24.7 Å². The minimum Gasteiger partial charge on any atom is -0.493 e. The molecule has 2 atom stereocenters. The number of likely N-dealkylation sites (N-methyl/N-ethyl adjacent to an activating group) is 1. The van der Waals surface area contributed by atoms with E-state index in [0.29, 0.717) is 17.2 Å². The zero-order chi connectivity index (χ0) is 16.6. The summed E-state index contributed by atoms with van der Waals surface area (Å²) in [6, 6.07) is 4.10. The Morgan fingerprint density at radius 1 is 1.09 bits per heavy atom. The number of hydrogen-bond acceptors (Lipinski definition) is 5. The second-order valence-electron chi connectivity index (χ2n) is 6.33. The fourth-order valence-corrected chi connectivity index (χ4v) is 3.97. The maximum atomic E-state index is 10.0. The lowest BCUT2D eigenvalue weighted by Crippen LogP contribution is -2.33. The minimum absolute atomic E-state index is 0.0825. The first-order valence-corrected chi connectivity index (χ1v) is 7.97. The summed E-state index contributed by atoms with van der Waals surface area (Å²) in [5, 5.41) is 10.0. The summed E-state index contributed by atoms with van der Waals surface area (Å²) in [7, 11) is 6.98. The van der Waals surface area contributed by atoms with Crippen molar-refractivity contribution in [2.24, 2.45) is 0 Å². The lowest BCUT2D eigenvalue weighted by atomic mass is 9.70. The van der Waals surface area contributed by atoms with Crippen LogP contribution in [-0.4, -0.2) is 51.0 Å². The summed E-state index contributed by atoms with van der Waals surface area (Å²) >= 11 is 0. The molecule has 126 valence electrons. The molecule has 0 unspecified atom stereocenters. The summed E-state index contributed by atoms with van der Waals surface area (Å²) < 4.78 is 16.5. The molecule has 0 radical (unpaired) electrons. The smallest absolute Gasteiger partial charge is 0.203 e. The molecule has 1 N–H and O–H groups in total. The Labute approximate surface area is 137 Å². The van der Waals surface area contributed by atoms with Crippen LogP contribution in [0, 0.1) is 0 Å². The Morgan fingerprint density at radius 3 is 2.30 bits per heavy atom. The largest absolute Gasteiger partial charge is 0.493 e. The third kappa shape index (κ3) is 2.43. The van der Waals surface area contributed by atoms with Crippen molar-refractivity contribution in [2.45, 2.75) is 30.8 Å². The van der Waals surface area contributed by atoms with E-state index >= 15 is 0 Å². The SMILES string of the molecule is COc1cc([C@@]23CC[C@H](O)C=C2N(C)CC3)cc(OC)c1OC. The Hall–Kier alpha value is -1.88. The molecule has 1 aromatic carbocycles. The lowest BCUT2D eigenvalue weighted by Gasteiger charge is -2.37. The van der Waals surface area contributed by atoms with E-state index in [1.165, 1.54) is 5.70 Å². The number of rotatable bonds is 4. The van der Waals surface area contributed by atoms with Gasteiger partial charge in [-0.25, -0.2) is 0 Å². The van der Waals surface area contributed by atoms with E-state index in [0.717, 1.165) is 31.4 Å². The van der Waals surface area contributed by atoms with Gasteiger partial charge in [-0.2, -0.15) is 0 Å². The van der Waals surface area contributed by atoms with Crippen molar-refractivity contribution in [3.8, 4) is 17.2 Å². The fraction of sp³-hybridized carbons (Fsp3) is 0.556. The maximum absolute atomic E-state index is 10.0. The van der Waals surface area contributed by atoms with Crippen molar-refractivity contribution < 1.29 is 19.3 Å². The highest BCUT2D eigenvalue weighted by Crippen LogP contribution is 2.52. The highest BCUT2D eigenvalue weighted by molar-refractivity contribution is 5.57. The van der Waals surface area contributed by atoms with E-state index < -0.39 is 0 Å². The van der Waals surface area contributed by atoms with Crippen LogP contribution in [0.25, 0.3) is 0 Å². The average molecular weight is 319 g/mol. The third-order valence-corrected chi connectivity index (χ3v) is 5.21. The van der Waals surface area contributed by atoms with Crippen LogP contribution in [0.1, 0.15) is 24.8 Å². The Morgan fingerprint density at radius 2 is 1.74 bits per heavy atom. The Kier molecular flexibility index (Phi) is 4.15. The van der Waals surface area contributed by atoms with Gasteiger partial charge in [0.15, 0.2) is 11.5 Å². The van der Waals surface area contributed by atoms with Gasteiger partial charge in [-0.3, -0.25) is 0 Å². The highest BCUT2D eigenvalue weighted by Gasteiger charge is 2.46. The van der Waals surface area contributed by atoms with Crippen molar-refractivity contribution in [1.29, 1.82) is 0 Å². The molecule has 0 spiro atoms. The molecule has 0 amide bonds. The Bertz CT molecular complexity index is 602. The number of methoxy groups -OCH3 is 3. The van der Waals surface area contributed by atoms with Gasteiger partial charge in [-0.05, 0) is 43.0 Å². The summed E-state index contributed by atoms with van der Waals surface area (Å²) in [5.41, 5.74) is 2.28. The van der Waals surface area contributed by atoms with E-state index in [-0.39, 0.29) is 11.5 Å². The van der Waals surface area contributed by atoms with Crippen LogP contribution in [0.5, 0.6) is 17.2 Å². The minimum atomic E-state index is -0.360. The molecule has 23 heavy (non-hydrogen) atoms. The average Bonchev–Trinajstić information content (AvgIpc) is 2.91. The van der Waals surface area contributed by atoms with E-state index in [4.69, 9.17) is 14.2 Å². The first kappa shape index (κ1) is 16.0. The van der Waals surface area contributed by atoms with Crippen LogP contribution < -0.4 is 14.2 Å². The number of fused-ring (bicyclic) bond motifs is 1. The van der Waals surface area contributed by atoms with Crippen molar-refractivity contribution in [3.63, 3.8) is 0 Å². The van der Waals surface area contributed by atoms with Crippen molar-refractivity contribution in [1.82, 2.24) is 4.90 Å². The molecule has 2 aliphatic rings. The molecule has 1 heterocycles. The van der Waals surface area contributed by atoms with Gasteiger partial charge in [-0.1, -0.05) is 0 Å². The van der Waals surface area contributed by atoms with E-state index in [2.05, 4.69) is 11.9 Å². The lowest BCUT2D eigenvalue weighted by molar-refractivity contribution is 0.181. The van der Waals surface area contributed by atoms with E-state index in [1.54, 1.807) is 21.3 Å². The van der Waals surface area contributed by atoms with Crippen LogP contribution in [0.4, 0.5) is 0 Å². The first-order chi connectivity index (χ1) is 11.1. The number of aliphatic hydroxyl groups excluding tert-OH is 1. The van der Waals surface area contributed by atoms with Crippen LogP contribution in [0.3, 0.4) is 0 Å². The van der Waals surface area contributed by atoms with Crippen molar-refractivity contribution in [2.75, 3.05) is 34.9 Å². The number of hydrogen-bond donors (Lipinski definition) is 1. The molecule has 1 aliphatic carbocycles. The molecule has 0 aromatic heterocycles. The second-order valence-corrected chi connectivity index (χ2v) is 6.33. The van der Waals surface area contributed by atoms with Gasteiger partial charge in [-0.15, -0.1) is 0 Å². The molecule has 5 heteroatoms. The third-order valence-electron chi connectivity index (χ3n) is 5.21. The van der Waals surface area contributed by atoms with Gasteiger partial charge < -0.3 is 24.2 Å². The Balaban J connectivity index is 2.16. The molecule has 5 nitrogen and oxygen atoms in total. The molecular formula is C18H25NO4. The predicted molar refractivity (Wildman–Crippen MR) is 88.3 cm³/mol. The maximum Gasteiger partial charge on any atom is 0.203 e. The number of aliphatic hydroxyl groups is 1. The molecule has 1 fully saturated rings. The molecule has 1 aliphatic heterocycles. The van der Waals surface area contributed by atoms with Crippen LogP contribution in [0.15, 0.2) is 23.9 Å². The molecule has 0 bridgehead atoms. The van der Waals surface area contributed by atoms with Crippen LogP contribution in [0.2, 0.25) is 0 Å². The van der Waals surface area contributed by atoms with Crippen LogP contribution in [-0.2, 0) is 5.41 Å². The molecule has 1 aromatic rings. The number of allylic oxidation sites excluding steroid dienone is 1. The van der Waals surface area contributed by atoms with Gasteiger partial charge >= 0.3 is 0 Å². The first-order valence-electron chi connectivity index (χ1n) is 7.97. The predicted octanol–water partition coefficient (Wildman–Crippen LogP) is 2.32. The summed E-state index contributed by atoms with van der Waals surface area (Å²) in [4.78, 5) is 2.24. The van der Waals surface area contributed by atoms with Gasteiger partial charge in [0.2, 0.25) is 5.75 Å². The second kappa shape index (κ2) is 5.96. The number of likely N-dealkylation sites (tertiary alicyclic amines) is 1. The summed E-state index contributed by atoms with van der Waals surface area (Å²) in [6.45, 7) is 0.981. The summed E-state index contributed by atoms with van der Waals surface area (Å²) in [6.07, 6.45) is 4.36. The monoisotopic (exact) mass is 319 g/mol. The number of ether oxygens (including phenoxy) is 3. The molecular weight excluding hydrogens is 294 g/mol. The molecule has 3 rings (SSSR count). The normalized spacial score (nSPS) is 26.6. The van der Waals surface area contributed by atoms with Crippen LogP contribution >= 0.6 is 0 Å². The highest BCUT2D eigenvalue weighted by atomic mass is 16.5. The van der Waals surface area contributed by atoms with Crippen molar-refractivity contribution >= 4 is 0 Å². The summed E-state index contributed by atoms with van der Waals surface area (Å²) in [5.74, 6) is 1.97. The van der Waals surface area contributed by atoms with E-state index in [9.17, 15) is 5.11 Å². The fourth-order valence-electron chi connectivity index (χ4n) is 3.97. The van der Waals surface area contributed by atoms with Gasteiger partial charge in [0.05, 0.1) is 27.4 Å². The quantitative estimate of drug-likeness (QED) is 0.923. The van der Waals surface area contributed by atoms with Crippen molar-refractivity contribution in [3.05, 3.63) is 29.5 Å². The zero-order valence-electron chi connectivity index (χ0n) is 14.3. The molecule has 0 saturated carbocycles. The standard InChI is InChI=1S/C18H25NO4/c1-19-8-7-18(6-5-13(20)11-16(18)19)12-9-14(21-2)17(23-4)15(10-12)22-3/h9-11,13,20H,5-8H2,1-4H3/t13-,18-/m0/s1. The zero-order valence-corrected chi connectivity index (χ0v) is 14.3. The number of benzene rings is 1. The van der Waals surface area contributed by atoms with Gasteiger partial charge in [0.25, 0.3) is 0 Å².